The fourth-order valence-electron chi connectivity index (χ4n) is 2.44. The average Bonchev–Trinajstić information content (AvgIpc) is 3.19. The highest BCUT2D eigenvalue weighted by atomic mass is 19.4. The van der Waals surface area contributed by atoms with Crippen LogP contribution in [0.1, 0.15) is 25.7 Å². The molecule has 2 amide bonds. The number of carbonyl (C=O) groups excluding carboxylic acids is 2. The number of rotatable bonds is 2. The lowest BCUT2D eigenvalue weighted by Crippen LogP contribution is -2.48. The van der Waals surface area contributed by atoms with Crippen molar-refractivity contribution in [3.8, 4) is 0 Å². The van der Waals surface area contributed by atoms with Crippen LogP contribution in [0.4, 0.5) is 13.2 Å². The number of likely N-dealkylation sites (tertiary alicyclic amines) is 1. The molecule has 0 aromatic rings. The summed E-state index contributed by atoms with van der Waals surface area (Å²) in [5, 5.41) is 0. The summed E-state index contributed by atoms with van der Waals surface area (Å²) in [5.74, 6) is -2.04. The van der Waals surface area contributed by atoms with Gasteiger partial charge in [0.1, 0.15) is 0 Å². The first-order valence-corrected chi connectivity index (χ1v) is 6.43. The molecule has 4 nitrogen and oxygen atoms in total. The Morgan fingerprint density at radius 3 is 2.05 bits per heavy atom. The first-order chi connectivity index (χ1) is 8.80. The summed E-state index contributed by atoms with van der Waals surface area (Å²) >= 11 is 0. The maximum Gasteiger partial charge on any atom is 0.471 e. The van der Waals surface area contributed by atoms with E-state index in [0.717, 1.165) is 17.7 Å². The Balaban J connectivity index is 1.85. The zero-order valence-electron chi connectivity index (χ0n) is 10.7. The van der Waals surface area contributed by atoms with Crippen LogP contribution in [0.15, 0.2) is 0 Å². The first kappa shape index (κ1) is 14.1. The second-order valence-electron chi connectivity index (χ2n) is 5.24. The topological polar surface area (TPSA) is 40.6 Å². The van der Waals surface area contributed by atoms with E-state index < -0.39 is 12.1 Å². The van der Waals surface area contributed by atoms with E-state index >= 15 is 0 Å². The van der Waals surface area contributed by atoms with Gasteiger partial charge in [0.05, 0.1) is 0 Å². The molecule has 0 atom stereocenters. The minimum absolute atomic E-state index is 0.00149. The normalized spacial score (nSPS) is 21.4. The Labute approximate surface area is 109 Å². The van der Waals surface area contributed by atoms with Crippen LogP contribution < -0.4 is 0 Å². The van der Waals surface area contributed by atoms with Crippen molar-refractivity contribution < 1.29 is 22.8 Å². The lowest BCUT2D eigenvalue weighted by atomic mass is 9.95. The maximum atomic E-state index is 12.3. The smallest absolute Gasteiger partial charge is 0.343 e. The predicted molar refractivity (Wildman–Crippen MR) is 61.2 cm³/mol. The Hall–Kier alpha value is -1.27. The maximum absolute atomic E-state index is 12.3. The molecule has 108 valence electrons. The average molecular weight is 278 g/mol. The summed E-state index contributed by atoms with van der Waals surface area (Å²) in [7, 11) is 1.74. The van der Waals surface area contributed by atoms with Crippen LogP contribution in [0.25, 0.3) is 0 Å². The summed E-state index contributed by atoms with van der Waals surface area (Å²) in [6.07, 6.45) is -2.17. The number of halogens is 3. The first-order valence-electron chi connectivity index (χ1n) is 6.43. The minimum Gasteiger partial charge on any atom is -0.343 e. The van der Waals surface area contributed by atoms with Gasteiger partial charge in [-0.2, -0.15) is 13.2 Å². The summed E-state index contributed by atoms with van der Waals surface area (Å²) in [4.78, 5) is 25.6. The Kier molecular flexibility index (Phi) is 3.73. The molecule has 0 N–H and O–H groups in total. The molecule has 7 heteroatoms. The van der Waals surface area contributed by atoms with Crippen LogP contribution in [-0.4, -0.2) is 54.0 Å². The van der Waals surface area contributed by atoms with Gasteiger partial charge in [0, 0.05) is 32.1 Å². The van der Waals surface area contributed by atoms with Crippen LogP contribution in [-0.2, 0) is 9.59 Å². The fraction of sp³-hybridized carbons (Fsp3) is 0.833. The van der Waals surface area contributed by atoms with E-state index in [1.165, 1.54) is 0 Å². The summed E-state index contributed by atoms with van der Waals surface area (Å²) < 4.78 is 36.8. The second-order valence-corrected chi connectivity index (χ2v) is 5.24. The third kappa shape index (κ3) is 3.19. The molecule has 0 aromatic heterocycles. The minimum atomic E-state index is -4.82. The monoisotopic (exact) mass is 278 g/mol. The zero-order chi connectivity index (χ0) is 14.2. The van der Waals surface area contributed by atoms with Crippen molar-refractivity contribution in [1.29, 1.82) is 0 Å². The van der Waals surface area contributed by atoms with E-state index in [1.54, 1.807) is 11.9 Å². The highest BCUT2D eigenvalue weighted by Gasteiger charge is 2.44. The zero-order valence-corrected chi connectivity index (χ0v) is 10.7. The highest BCUT2D eigenvalue weighted by Crippen LogP contribution is 2.30. The largest absolute Gasteiger partial charge is 0.471 e. The molecule has 2 rings (SSSR count). The number of alkyl halides is 3. The van der Waals surface area contributed by atoms with Gasteiger partial charge in [-0.25, -0.2) is 0 Å². The van der Waals surface area contributed by atoms with E-state index in [-0.39, 0.29) is 24.9 Å². The molecule has 1 aliphatic carbocycles. The lowest BCUT2D eigenvalue weighted by Gasteiger charge is -2.33. The van der Waals surface area contributed by atoms with Gasteiger partial charge >= 0.3 is 12.1 Å². The molecule has 2 fully saturated rings. The molecule has 1 saturated heterocycles. The SMILES string of the molecule is CN(C(=O)C1CCN(C(=O)C(F)(F)F)CC1)C1CC1. The quantitative estimate of drug-likeness (QED) is 0.766. The molecule has 0 spiro atoms. The van der Waals surface area contributed by atoms with E-state index in [1.807, 2.05) is 0 Å². The van der Waals surface area contributed by atoms with E-state index in [2.05, 4.69) is 0 Å². The summed E-state index contributed by atoms with van der Waals surface area (Å²) in [6, 6.07) is 0.308. The molecule has 1 saturated carbocycles. The second kappa shape index (κ2) is 5.02. The van der Waals surface area contributed by atoms with Gasteiger partial charge in [-0.3, -0.25) is 9.59 Å². The molecular weight excluding hydrogens is 261 g/mol. The van der Waals surface area contributed by atoms with Gasteiger partial charge in [0.25, 0.3) is 0 Å². The van der Waals surface area contributed by atoms with Gasteiger partial charge in [0.2, 0.25) is 5.91 Å². The number of amides is 2. The van der Waals surface area contributed by atoms with Gasteiger partial charge in [0.15, 0.2) is 0 Å². The molecule has 2 aliphatic rings. The van der Waals surface area contributed by atoms with Crippen LogP contribution in [0, 0.1) is 5.92 Å². The molecule has 0 radical (unpaired) electrons. The van der Waals surface area contributed by atoms with Gasteiger partial charge in [-0.1, -0.05) is 0 Å². The van der Waals surface area contributed by atoms with Crippen molar-refractivity contribution in [2.24, 2.45) is 5.92 Å². The van der Waals surface area contributed by atoms with Crippen molar-refractivity contribution in [3.05, 3.63) is 0 Å². The van der Waals surface area contributed by atoms with Crippen LogP contribution >= 0.6 is 0 Å². The Morgan fingerprint density at radius 1 is 1.11 bits per heavy atom. The Morgan fingerprint density at radius 2 is 1.63 bits per heavy atom. The summed E-state index contributed by atoms with van der Waals surface area (Å²) in [5.41, 5.74) is 0. The van der Waals surface area contributed by atoms with Crippen LogP contribution in [0.2, 0.25) is 0 Å². The molecule has 1 aliphatic heterocycles. The Bertz CT molecular complexity index is 372. The standard InChI is InChI=1S/C12H17F3N2O2/c1-16(9-2-3-9)10(18)8-4-6-17(7-5-8)11(19)12(13,14)15/h8-9H,2-7H2,1H3. The van der Waals surface area contributed by atoms with Crippen molar-refractivity contribution in [3.63, 3.8) is 0 Å². The third-order valence-corrected chi connectivity index (χ3v) is 3.82. The molecule has 19 heavy (non-hydrogen) atoms. The van der Waals surface area contributed by atoms with Crippen molar-refractivity contribution >= 4 is 11.8 Å². The van der Waals surface area contributed by atoms with Crippen LogP contribution in [0.5, 0.6) is 0 Å². The van der Waals surface area contributed by atoms with E-state index in [4.69, 9.17) is 0 Å². The number of hydrogen-bond donors (Lipinski definition) is 0. The fourth-order valence-corrected chi connectivity index (χ4v) is 2.44. The number of carbonyl (C=O) groups is 2. The number of hydrogen-bond acceptors (Lipinski definition) is 2. The molecule has 0 unspecified atom stereocenters. The van der Waals surface area contributed by atoms with Gasteiger partial charge in [-0.05, 0) is 25.7 Å². The van der Waals surface area contributed by atoms with E-state index in [9.17, 15) is 22.8 Å². The number of piperidine rings is 1. The molecular formula is C12H17F3N2O2. The molecule has 0 aromatic carbocycles. The van der Waals surface area contributed by atoms with Crippen LogP contribution in [0.3, 0.4) is 0 Å². The third-order valence-electron chi connectivity index (χ3n) is 3.82. The van der Waals surface area contributed by atoms with E-state index in [0.29, 0.717) is 18.9 Å². The van der Waals surface area contributed by atoms with Crippen molar-refractivity contribution in [2.45, 2.75) is 37.9 Å². The van der Waals surface area contributed by atoms with Crippen molar-refractivity contribution in [2.75, 3.05) is 20.1 Å². The summed E-state index contributed by atoms with van der Waals surface area (Å²) in [6.45, 7) is 0.0144. The van der Waals surface area contributed by atoms with Crippen molar-refractivity contribution in [1.82, 2.24) is 9.80 Å². The highest BCUT2D eigenvalue weighted by molar-refractivity contribution is 5.83. The number of nitrogens with zero attached hydrogens (tertiary/aromatic N) is 2. The molecule has 0 bridgehead atoms. The lowest BCUT2D eigenvalue weighted by molar-refractivity contribution is -0.187. The van der Waals surface area contributed by atoms with Gasteiger partial charge < -0.3 is 9.80 Å². The molecule has 1 heterocycles. The predicted octanol–water partition coefficient (Wildman–Crippen LogP) is 1.41. The van der Waals surface area contributed by atoms with Gasteiger partial charge in [-0.15, -0.1) is 0 Å².